The van der Waals surface area contributed by atoms with Gasteiger partial charge in [-0.2, -0.15) is 0 Å². The van der Waals surface area contributed by atoms with Crippen molar-refractivity contribution in [2.75, 3.05) is 6.61 Å². The lowest BCUT2D eigenvalue weighted by atomic mass is 9.84. The zero-order valence-electron chi connectivity index (χ0n) is 13.7. The average molecular weight is 276 g/mol. The van der Waals surface area contributed by atoms with Crippen molar-refractivity contribution >= 4 is 0 Å². The summed E-state index contributed by atoms with van der Waals surface area (Å²) in [6.07, 6.45) is 1.96. The second kappa shape index (κ2) is 5.77. The summed E-state index contributed by atoms with van der Waals surface area (Å²) in [5.41, 5.74) is 2.79. The molecule has 0 saturated carbocycles. The van der Waals surface area contributed by atoms with E-state index in [1.54, 1.807) is 0 Å². The van der Waals surface area contributed by atoms with E-state index in [2.05, 4.69) is 52.8 Å². The van der Waals surface area contributed by atoms with E-state index in [1.807, 2.05) is 6.92 Å². The quantitative estimate of drug-likeness (QED) is 0.746. The number of ether oxygens (including phenoxy) is 2. The summed E-state index contributed by atoms with van der Waals surface area (Å²) >= 11 is 0. The zero-order valence-corrected chi connectivity index (χ0v) is 13.7. The van der Waals surface area contributed by atoms with Gasteiger partial charge in [0.2, 0.25) is 0 Å². The standard InChI is InChI=1S/C18H28O2/c1-7-19-16-9-8-14(11-15(16)18(4,5)6)10-12(2)17-13(3)20-17/h8-9,11-13,17H,7,10H2,1-6H3. The van der Waals surface area contributed by atoms with Gasteiger partial charge >= 0.3 is 0 Å². The maximum atomic E-state index is 5.78. The minimum absolute atomic E-state index is 0.104. The largest absolute Gasteiger partial charge is 0.494 e. The molecular formula is C18H28O2. The smallest absolute Gasteiger partial charge is 0.123 e. The van der Waals surface area contributed by atoms with Crippen molar-refractivity contribution in [3.63, 3.8) is 0 Å². The SMILES string of the molecule is CCOc1ccc(CC(C)C2OC2C)cc1C(C)(C)C. The van der Waals surface area contributed by atoms with Crippen molar-refractivity contribution in [3.8, 4) is 5.75 Å². The number of rotatable bonds is 5. The molecule has 20 heavy (non-hydrogen) atoms. The van der Waals surface area contributed by atoms with Gasteiger partial charge in [-0.05, 0) is 48.8 Å². The predicted octanol–water partition coefficient (Wildman–Crippen LogP) is 4.35. The molecule has 1 aromatic rings. The summed E-state index contributed by atoms with van der Waals surface area (Å²) in [6, 6.07) is 6.64. The van der Waals surface area contributed by atoms with Gasteiger partial charge < -0.3 is 9.47 Å². The molecule has 0 N–H and O–H groups in total. The summed E-state index contributed by atoms with van der Waals surface area (Å²) in [5.74, 6) is 1.60. The van der Waals surface area contributed by atoms with Gasteiger partial charge in [-0.1, -0.05) is 39.8 Å². The zero-order chi connectivity index (χ0) is 14.9. The molecule has 1 fully saturated rings. The van der Waals surface area contributed by atoms with Crippen LogP contribution in [0.15, 0.2) is 18.2 Å². The highest BCUT2D eigenvalue weighted by molar-refractivity contribution is 5.41. The Labute approximate surface area is 123 Å². The van der Waals surface area contributed by atoms with Crippen molar-refractivity contribution in [2.45, 2.75) is 65.6 Å². The molecule has 0 bridgehead atoms. The average Bonchev–Trinajstić information content (AvgIpc) is 3.07. The van der Waals surface area contributed by atoms with Crippen LogP contribution in [-0.4, -0.2) is 18.8 Å². The molecule has 2 rings (SSSR count). The van der Waals surface area contributed by atoms with Gasteiger partial charge in [-0.3, -0.25) is 0 Å². The molecule has 1 heterocycles. The lowest BCUT2D eigenvalue weighted by molar-refractivity contribution is 0.325. The van der Waals surface area contributed by atoms with Gasteiger partial charge in [0.15, 0.2) is 0 Å². The molecule has 0 aromatic heterocycles. The molecule has 1 aliphatic rings. The molecule has 112 valence electrons. The Morgan fingerprint density at radius 2 is 1.95 bits per heavy atom. The molecule has 2 heteroatoms. The Hall–Kier alpha value is -1.02. The van der Waals surface area contributed by atoms with Gasteiger partial charge in [-0.25, -0.2) is 0 Å². The molecule has 0 aliphatic carbocycles. The first-order chi connectivity index (χ1) is 9.32. The molecule has 3 atom stereocenters. The molecule has 2 nitrogen and oxygen atoms in total. The minimum atomic E-state index is 0.104. The van der Waals surface area contributed by atoms with Crippen molar-refractivity contribution in [1.29, 1.82) is 0 Å². The van der Waals surface area contributed by atoms with E-state index in [1.165, 1.54) is 11.1 Å². The molecule has 0 spiro atoms. The Morgan fingerprint density at radius 3 is 2.45 bits per heavy atom. The Kier molecular flexibility index (Phi) is 4.43. The Balaban J connectivity index is 2.18. The highest BCUT2D eigenvalue weighted by Gasteiger charge is 2.38. The summed E-state index contributed by atoms with van der Waals surface area (Å²) in [5, 5.41) is 0. The summed E-state index contributed by atoms with van der Waals surface area (Å²) in [6.45, 7) is 13.9. The monoisotopic (exact) mass is 276 g/mol. The van der Waals surface area contributed by atoms with Crippen LogP contribution in [0.1, 0.15) is 52.7 Å². The van der Waals surface area contributed by atoms with Crippen LogP contribution in [0.4, 0.5) is 0 Å². The van der Waals surface area contributed by atoms with E-state index < -0.39 is 0 Å². The van der Waals surface area contributed by atoms with Crippen LogP contribution in [0.5, 0.6) is 5.75 Å². The molecule has 0 radical (unpaired) electrons. The van der Waals surface area contributed by atoms with Gasteiger partial charge in [0, 0.05) is 0 Å². The van der Waals surface area contributed by atoms with Crippen LogP contribution < -0.4 is 4.74 Å². The Morgan fingerprint density at radius 1 is 1.30 bits per heavy atom. The normalized spacial score (nSPS) is 23.5. The first-order valence-electron chi connectivity index (χ1n) is 7.74. The Bertz CT molecular complexity index is 459. The summed E-state index contributed by atoms with van der Waals surface area (Å²) < 4.78 is 11.4. The number of epoxide rings is 1. The third kappa shape index (κ3) is 3.54. The molecule has 1 saturated heterocycles. The van der Waals surface area contributed by atoms with Gasteiger partial charge in [0.05, 0.1) is 18.8 Å². The minimum Gasteiger partial charge on any atom is -0.494 e. The van der Waals surface area contributed by atoms with Gasteiger partial charge in [0.25, 0.3) is 0 Å². The second-order valence-electron chi connectivity index (χ2n) is 7.00. The fourth-order valence-electron chi connectivity index (χ4n) is 2.86. The maximum absolute atomic E-state index is 5.78. The van der Waals surface area contributed by atoms with Crippen molar-refractivity contribution in [3.05, 3.63) is 29.3 Å². The second-order valence-corrected chi connectivity index (χ2v) is 7.00. The maximum Gasteiger partial charge on any atom is 0.123 e. The van der Waals surface area contributed by atoms with E-state index >= 15 is 0 Å². The van der Waals surface area contributed by atoms with Crippen LogP contribution in [0.3, 0.4) is 0 Å². The molecule has 0 amide bonds. The van der Waals surface area contributed by atoms with Gasteiger partial charge in [0.1, 0.15) is 5.75 Å². The fourth-order valence-corrected chi connectivity index (χ4v) is 2.86. The van der Waals surface area contributed by atoms with Crippen LogP contribution in [0.25, 0.3) is 0 Å². The van der Waals surface area contributed by atoms with E-state index in [0.29, 0.717) is 24.7 Å². The first-order valence-corrected chi connectivity index (χ1v) is 7.74. The van der Waals surface area contributed by atoms with Gasteiger partial charge in [-0.15, -0.1) is 0 Å². The predicted molar refractivity (Wildman–Crippen MR) is 83.5 cm³/mol. The summed E-state index contributed by atoms with van der Waals surface area (Å²) in [4.78, 5) is 0. The van der Waals surface area contributed by atoms with Crippen LogP contribution in [0.2, 0.25) is 0 Å². The topological polar surface area (TPSA) is 21.8 Å². The van der Waals surface area contributed by atoms with Crippen molar-refractivity contribution in [2.24, 2.45) is 5.92 Å². The lowest BCUT2D eigenvalue weighted by Crippen LogP contribution is -2.15. The van der Waals surface area contributed by atoms with Crippen molar-refractivity contribution in [1.82, 2.24) is 0 Å². The van der Waals surface area contributed by atoms with Crippen molar-refractivity contribution < 1.29 is 9.47 Å². The number of hydrogen-bond acceptors (Lipinski definition) is 2. The molecule has 3 unspecified atom stereocenters. The van der Waals surface area contributed by atoms with E-state index in [-0.39, 0.29) is 5.41 Å². The van der Waals surface area contributed by atoms with Crippen LogP contribution in [-0.2, 0) is 16.6 Å². The third-order valence-corrected chi connectivity index (χ3v) is 4.03. The van der Waals surface area contributed by atoms with E-state index in [4.69, 9.17) is 9.47 Å². The highest BCUT2D eigenvalue weighted by atomic mass is 16.6. The van der Waals surface area contributed by atoms with E-state index in [0.717, 1.165) is 12.2 Å². The highest BCUT2D eigenvalue weighted by Crippen LogP contribution is 2.35. The first kappa shape index (κ1) is 15.4. The lowest BCUT2D eigenvalue weighted by Gasteiger charge is -2.24. The van der Waals surface area contributed by atoms with Crippen LogP contribution in [0, 0.1) is 5.92 Å². The number of benzene rings is 1. The summed E-state index contributed by atoms with van der Waals surface area (Å²) in [7, 11) is 0. The fraction of sp³-hybridized carbons (Fsp3) is 0.667. The molecule has 1 aliphatic heterocycles. The molecule has 1 aromatic carbocycles. The third-order valence-electron chi connectivity index (χ3n) is 4.03. The van der Waals surface area contributed by atoms with E-state index in [9.17, 15) is 0 Å². The molecular weight excluding hydrogens is 248 g/mol. The van der Waals surface area contributed by atoms with Crippen LogP contribution >= 0.6 is 0 Å². The number of hydrogen-bond donors (Lipinski definition) is 0.